The molecule has 0 spiro atoms. The zero-order valence-corrected chi connectivity index (χ0v) is 10.5. The monoisotopic (exact) mass is 258 g/mol. The number of nitrogens with one attached hydrogen (secondary N) is 1. The zero-order chi connectivity index (χ0) is 13.2. The summed E-state index contributed by atoms with van der Waals surface area (Å²) in [5.41, 5.74) is 0.482. The maximum absolute atomic E-state index is 12.2. The zero-order valence-electron chi connectivity index (χ0n) is 10.5. The molecule has 0 saturated carbocycles. The highest BCUT2D eigenvalue weighted by molar-refractivity contribution is 5.42. The molecule has 1 N–H and O–H groups in total. The summed E-state index contributed by atoms with van der Waals surface area (Å²) in [5, 5.41) is 7.05. The molecule has 3 heterocycles. The lowest BCUT2D eigenvalue weighted by atomic mass is 10.4. The van der Waals surface area contributed by atoms with E-state index in [0.717, 1.165) is 11.5 Å². The van der Waals surface area contributed by atoms with E-state index in [1.807, 2.05) is 19.2 Å². The average molecular weight is 258 g/mol. The highest BCUT2D eigenvalue weighted by Gasteiger charge is 2.06. The predicted molar refractivity (Wildman–Crippen MR) is 70.0 cm³/mol. The van der Waals surface area contributed by atoms with Crippen molar-refractivity contribution in [3.05, 3.63) is 58.7 Å². The first kappa shape index (κ1) is 11.7. The van der Waals surface area contributed by atoms with E-state index in [1.165, 1.54) is 0 Å². The molecule has 3 aromatic rings. The van der Waals surface area contributed by atoms with Crippen molar-refractivity contribution in [1.82, 2.24) is 19.5 Å². The van der Waals surface area contributed by atoms with E-state index in [9.17, 15) is 4.79 Å². The van der Waals surface area contributed by atoms with E-state index in [-0.39, 0.29) is 5.56 Å². The molecule has 0 aliphatic heterocycles. The first-order valence-electron chi connectivity index (χ1n) is 6.03. The number of aromatic nitrogens is 3. The van der Waals surface area contributed by atoms with Crippen molar-refractivity contribution in [1.29, 1.82) is 0 Å². The predicted octanol–water partition coefficient (Wildman–Crippen LogP) is 0.857. The molecular weight excluding hydrogens is 244 g/mol. The first-order valence-corrected chi connectivity index (χ1v) is 6.03. The van der Waals surface area contributed by atoms with E-state index in [2.05, 4.69) is 10.4 Å². The Hall–Kier alpha value is -2.34. The van der Waals surface area contributed by atoms with Crippen LogP contribution in [0.5, 0.6) is 0 Å². The molecule has 0 aliphatic rings. The van der Waals surface area contributed by atoms with Crippen LogP contribution < -0.4 is 10.9 Å². The standard InChI is InChI=1S/C13H14N4O2/c1-14-8-10-2-3-11(19-10)9-16-6-7-17-12(13(16)18)4-5-15-17/h2-7,14H,8-9H2,1H3. The van der Waals surface area contributed by atoms with Crippen molar-refractivity contribution in [3.63, 3.8) is 0 Å². The molecule has 3 rings (SSSR count). The normalized spacial score (nSPS) is 11.2. The molecule has 6 heteroatoms. The largest absolute Gasteiger partial charge is 0.463 e. The highest BCUT2D eigenvalue weighted by Crippen LogP contribution is 2.08. The summed E-state index contributed by atoms with van der Waals surface area (Å²) >= 11 is 0. The Morgan fingerprint density at radius 1 is 1.26 bits per heavy atom. The van der Waals surface area contributed by atoms with E-state index >= 15 is 0 Å². The van der Waals surface area contributed by atoms with Crippen molar-refractivity contribution >= 4 is 5.52 Å². The fraction of sp³-hybridized carbons (Fsp3) is 0.231. The van der Waals surface area contributed by atoms with Crippen LogP contribution in [0.1, 0.15) is 11.5 Å². The minimum absolute atomic E-state index is 0.0773. The van der Waals surface area contributed by atoms with Crippen LogP contribution in [-0.2, 0) is 13.1 Å². The van der Waals surface area contributed by atoms with E-state index in [1.54, 1.807) is 33.7 Å². The number of nitrogens with zero attached hydrogens (tertiary/aromatic N) is 3. The lowest BCUT2D eigenvalue weighted by molar-refractivity contribution is 0.442. The summed E-state index contributed by atoms with van der Waals surface area (Å²) < 4.78 is 8.80. The fourth-order valence-corrected chi connectivity index (χ4v) is 2.03. The lowest BCUT2D eigenvalue weighted by Crippen LogP contribution is -2.21. The maximum Gasteiger partial charge on any atom is 0.276 e. The third kappa shape index (κ3) is 2.17. The molecule has 0 atom stereocenters. The van der Waals surface area contributed by atoms with Crippen LogP contribution in [0.4, 0.5) is 0 Å². The van der Waals surface area contributed by atoms with Gasteiger partial charge in [-0.2, -0.15) is 5.10 Å². The molecule has 0 fully saturated rings. The Bertz CT molecular complexity index is 753. The number of fused-ring (bicyclic) bond motifs is 1. The molecule has 0 bridgehead atoms. The summed E-state index contributed by atoms with van der Waals surface area (Å²) in [6, 6.07) is 5.50. The molecule has 19 heavy (non-hydrogen) atoms. The summed E-state index contributed by atoms with van der Waals surface area (Å²) in [7, 11) is 1.86. The SMILES string of the molecule is CNCc1ccc(Cn2ccn3nccc3c2=O)o1. The van der Waals surface area contributed by atoms with Crippen LogP contribution >= 0.6 is 0 Å². The average Bonchev–Trinajstić information content (AvgIpc) is 3.03. The number of hydrogen-bond acceptors (Lipinski definition) is 4. The Kier molecular flexibility index (Phi) is 2.92. The maximum atomic E-state index is 12.2. The Balaban J connectivity index is 1.91. The third-order valence-corrected chi connectivity index (χ3v) is 2.93. The molecule has 0 amide bonds. The molecule has 0 saturated heterocycles. The number of rotatable bonds is 4. The molecule has 6 nitrogen and oxygen atoms in total. The highest BCUT2D eigenvalue weighted by atomic mass is 16.3. The van der Waals surface area contributed by atoms with Crippen LogP contribution in [0, 0.1) is 0 Å². The second kappa shape index (κ2) is 4.74. The summed E-state index contributed by atoms with van der Waals surface area (Å²) in [5.74, 6) is 1.62. The number of hydrogen-bond donors (Lipinski definition) is 1. The molecule has 0 aromatic carbocycles. The van der Waals surface area contributed by atoms with Crippen LogP contribution in [0.3, 0.4) is 0 Å². The van der Waals surface area contributed by atoms with Gasteiger partial charge < -0.3 is 14.3 Å². The minimum atomic E-state index is -0.0773. The van der Waals surface area contributed by atoms with Crippen LogP contribution in [0.25, 0.3) is 5.52 Å². The second-order valence-corrected chi connectivity index (χ2v) is 4.29. The van der Waals surface area contributed by atoms with Gasteiger partial charge in [0.05, 0.1) is 19.3 Å². The van der Waals surface area contributed by atoms with Crippen molar-refractivity contribution < 1.29 is 4.42 Å². The van der Waals surface area contributed by atoms with Crippen LogP contribution in [-0.4, -0.2) is 21.2 Å². The molecular formula is C13H14N4O2. The summed E-state index contributed by atoms with van der Waals surface area (Å²) in [6.45, 7) is 1.10. The van der Waals surface area contributed by atoms with Gasteiger partial charge >= 0.3 is 0 Å². The third-order valence-electron chi connectivity index (χ3n) is 2.93. The van der Waals surface area contributed by atoms with Gasteiger partial charge in [0.15, 0.2) is 0 Å². The van der Waals surface area contributed by atoms with Crippen molar-refractivity contribution in [2.45, 2.75) is 13.1 Å². The molecule has 0 aliphatic carbocycles. The van der Waals surface area contributed by atoms with Gasteiger partial charge in [0.1, 0.15) is 17.0 Å². The van der Waals surface area contributed by atoms with Gasteiger partial charge in [0, 0.05) is 12.4 Å². The number of furan rings is 1. The molecule has 98 valence electrons. The van der Waals surface area contributed by atoms with Gasteiger partial charge in [-0.25, -0.2) is 4.52 Å². The van der Waals surface area contributed by atoms with Gasteiger partial charge in [-0.05, 0) is 25.2 Å². The van der Waals surface area contributed by atoms with Crippen LogP contribution in [0.15, 0.2) is 46.0 Å². The molecule has 0 unspecified atom stereocenters. The van der Waals surface area contributed by atoms with Gasteiger partial charge in [-0.15, -0.1) is 0 Å². The fourth-order valence-electron chi connectivity index (χ4n) is 2.03. The lowest BCUT2D eigenvalue weighted by Gasteiger charge is -2.03. The Labute approximate surface area is 109 Å². The quantitative estimate of drug-likeness (QED) is 0.753. The molecule has 3 aromatic heterocycles. The van der Waals surface area contributed by atoms with E-state index in [0.29, 0.717) is 18.6 Å². The van der Waals surface area contributed by atoms with Gasteiger partial charge in [-0.3, -0.25) is 4.79 Å². The van der Waals surface area contributed by atoms with Crippen molar-refractivity contribution in [2.24, 2.45) is 0 Å². The Morgan fingerprint density at radius 3 is 2.95 bits per heavy atom. The van der Waals surface area contributed by atoms with E-state index in [4.69, 9.17) is 4.42 Å². The van der Waals surface area contributed by atoms with E-state index < -0.39 is 0 Å². The minimum Gasteiger partial charge on any atom is -0.463 e. The Morgan fingerprint density at radius 2 is 2.11 bits per heavy atom. The van der Waals surface area contributed by atoms with Crippen LogP contribution in [0.2, 0.25) is 0 Å². The molecule has 0 radical (unpaired) electrons. The summed E-state index contributed by atoms with van der Waals surface area (Å²) in [4.78, 5) is 12.2. The summed E-state index contributed by atoms with van der Waals surface area (Å²) in [6.07, 6.45) is 5.08. The van der Waals surface area contributed by atoms with Gasteiger partial charge in [0.25, 0.3) is 5.56 Å². The van der Waals surface area contributed by atoms with Crippen molar-refractivity contribution in [2.75, 3.05) is 7.05 Å². The van der Waals surface area contributed by atoms with Crippen molar-refractivity contribution in [3.8, 4) is 0 Å². The smallest absolute Gasteiger partial charge is 0.276 e. The van der Waals surface area contributed by atoms with Gasteiger partial charge in [0.2, 0.25) is 0 Å². The first-order chi connectivity index (χ1) is 9.28. The second-order valence-electron chi connectivity index (χ2n) is 4.29. The van der Waals surface area contributed by atoms with Gasteiger partial charge in [-0.1, -0.05) is 0 Å². The topological polar surface area (TPSA) is 64.5 Å².